The molecule has 3 nitrogen and oxygen atoms in total. The molecule has 132 valence electrons. The molecule has 0 aliphatic heterocycles. The Morgan fingerprint density at radius 3 is 2.32 bits per heavy atom. The maximum atomic E-state index is 13.5. The smallest absolute Gasteiger partial charge is 0.335 e. The largest absolute Gasteiger partial charge is 0.396 e. The van der Waals surface area contributed by atoms with Crippen molar-refractivity contribution in [3.05, 3.63) is 66.0 Å². The first-order valence-corrected chi connectivity index (χ1v) is 8.25. The lowest BCUT2D eigenvalue weighted by Crippen LogP contribution is -2.36. The molecule has 0 N–H and O–H groups in total. The minimum Gasteiger partial charge on any atom is -0.335 e. The summed E-state index contributed by atoms with van der Waals surface area (Å²) < 4.78 is 40.5. The Balaban J connectivity index is 1.77. The van der Waals surface area contributed by atoms with E-state index >= 15 is 0 Å². The number of hydrogen-bond acceptors (Lipinski definition) is 2. The molecule has 1 amide bonds. The van der Waals surface area contributed by atoms with Crippen molar-refractivity contribution in [2.75, 3.05) is 0 Å². The van der Waals surface area contributed by atoms with Crippen LogP contribution in [0.2, 0.25) is 0 Å². The molecule has 2 aromatic rings. The molecule has 1 heterocycles. The van der Waals surface area contributed by atoms with E-state index in [1.807, 2.05) is 0 Å². The van der Waals surface area contributed by atoms with Crippen LogP contribution in [0.3, 0.4) is 0 Å². The number of benzene rings is 1. The van der Waals surface area contributed by atoms with E-state index in [1.54, 1.807) is 47.6 Å². The number of hydrogen-bond donors (Lipinski definition) is 0. The topological polar surface area (TPSA) is 33.2 Å². The van der Waals surface area contributed by atoms with Gasteiger partial charge in [0.2, 0.25) is 5.91 Å². The van der Waals surface area contributed by atoms with Crippen LogP contribution in [0.4, 0.5) is 13.2 Å². The summed E-state index contributed by atoms with van der Waals surface area (Å²) >= 11 is 0. The van der Waals surface area contributed by atoms with Crippen molar-refractivity contribution >= 4 is 5.91 Å². The second kappa shape index (κ2) is 7.25. The molecule has 1 aromatic heterocycles. The van der Waals surface area contributed by atoms with Gasteiger partial charge in [-0.2, -0.15) is 13.2 Å². The Morgan fingerprint density at radius 1 is 1.12 bits per heavy atom. The lowest BCUT2D eigenvalue weighted by molar-refractivity contribution is -0.161. The van der Waals surface area contributed by atoms with Crippen molar-refractivity contribution in [2.45, 2.75) is 43.9 Å². The number of amides is 1. The van der Waals surface area contributed by atoms with Crippen molar-refractivity contribution in [2.24, 2.45) is 0 Å². The van der Waals surface area contributed by atoms with Crippen LogP contribution in [0.1, 0.15) is 36.3 Å². The highest BCUT2D eigenvalue weighted by Crippen LogP contribution is 2.39. The van der Waals surface area contributed by atoms with E-state index in [-0.39, 0.29) is 11.6 Å². The molecule has 6 heteroatoms. The second-order valence-electron chi connectivity index (χ2n) is 6.32. The van der Waals surface area contributed by atoms with Crippen LogP contribution in [0.5, 0.6) is 0 Å². The Kier molecular flexibility index (Phi) is 5.06. The van der Waals surface area contributed by atoms with E-state index < -0.39 is 24.4 Å². The first-order chi connectivity index (χ1) is 11.9. The molecule has 0 saturated heterocycles. The molecule has 1 aromatic carbocycles. The third kappa shape index (κ3) is 4.59. The number of nitrogens with zero attached hydrogens (tertiary/aromatic N) is 2. The van der Waals surface area contributed by atoms with Gasteiger partial charge in [-0.3, -0.25) is 9.78 Å². The molecular weight excluding hydrogens is 329 g/mol. The monoisotopic (exact) mass is 348 g/mol. The number of halogens is 3. The SMILES string of the molecule is O=C(CC(c1ccccc1)C(F)(F)F)N(Cc1ccncc1)C1CC1. The van der Waals surface area contributed by atoms with Gasteiger partial charge in [-0.25, -0.2) is 0 Å². The Morgan fingerprint density at radius 2 is 1.76 bits per heavy atom. The third-order valence-electron chi connectivity index (χ3n) is 4.39. The van der Waals surface area contributed by atoms with Gasteiger partial charge in [0, 0.05) is 31.4 Å². The van der Waals surface area contributed by atoms with Crippen molar-refractivity contribution in [1.82, 2.24) is 9.88 Å². The van der Waals surface area contributed by atoms with Crippen LogP contribution in [-0.4, -0.2) is 28.0 Å². The predicted octanol–water partition coefficient (Wildman–Crippen LogP) is 4.31. The summed E-state index contributed by atoms with van der Waals surface area (Å²) in [5.74, 6) is -2.23. The van der Waals surface area contributed by atoms with Crippen LogP contribution in [0.25, 0.3) is 0 Å². The summed E-state index contributed by atoms with van der Waals surface area (Å²) in [5, 5.41) is 0. The molecule has 1 unspecified atom stereocenters. The van der Waals surface area contributed by atoms with Gasteiger partial charge in [-0.15, -0.1) is 0 Å². The zero-order chi connectivity index (χ0) is 17.9. The highest BCUT2D eigenvalue weighted by atomic mass is 19.4. The van der Waals surface area contributed by atoms with Crippen molar-refractivity contribution in [1.29, 1.82) is 0 Å². The maximum absolute atomic E-state index is 13.5. The van der Waals surface area contributed by atoms with Gasteiger partial charge in [0.15, 0.2) is 0 Å². The molecular formula is C19H19F3N2O. The Labute approximate surface area is 144 Å². The van der Waals surface area contributed by atoms with Crippen LogP contribution < -0.4 is 0 Å². The van der Waals surface area contributed by atoms with Gasteiger partial charge in [-0.1, -0.05) is 30.3 Å². The summed E-state index contributed by atoms with van der Waals surface area (Å²) in [4.78, 5) is 18.2. The summed E-state index contributed by atoms with van der Waals surface area (Å²) in [5.41, 5.74) is 1.00. The first kappa shape index (κ1) is 17.5. The first-order valence-electron chi connectivity index (χ1n) is 8.25. The number of carbonyl (C=O) groups is 1. The molecule has 0 radical (unpaired) electrons. The maximum Gasteiger partial charge on any atom is 0.396 e. The van der Waals surface area contributed by atoms with E-state index in [9.17, 15) is 18.0 Å². The van der Waals surface area contributed by atoms with Gasteiger partial charge in [-0.05, 0) is 36.1 Å². The summed E-state index contributed by atoms with van der Waals surface area (Å²) in [7, 11) is 0. The van der Waals surface area contributed by atoms with Gasteiger partial charge >= 0.3 is 6.18 Å². The van der Waals surface area contributed by atoms with E-state index in [2.05, 4.69) is 4.98 Å². The molecule has 1 saturated carbocycles. The summed E-state index contributed by atoms with van der Waals surface area (Å²) in [6.07, 6.45) is -0.0869. The lowest BCUT2D eigenvalue weighted by atomic mass is 9.94. The molecule has 1 aliphatic carbocycles. The molecule has 1 aliphatic rings. The Hall–Kier alpha value is -2.37. The highest BCUT2D eigenvalue weighted by molar-refractivity contribution is 5.78. The number of carbonyl (C=O) groups excluding carboxylic acids is 1. The zero-order valence-electron chi connectivity index (χ0n) is 13.6. The average Bonchev–Trinajstić information content (AvgIpc) is 3.43. The van der Waals surface area contributed by atoms with E-state index in [0.29, 0.717) is 6.54 Å². The lowest BCUT2D eigenvalue weighted by Gasteiger charge is -2.26. The van der Waals surface area contributed by atoms with E-state index in [4.69, 9.17) is 0 Å². The number of alkyl halides is 3. The summed E-state index contributed by atoms with van der Waals surface area (Å²) in [6.45, 7) is 0.325. The number of rotatable bonds is 6. The van der Waals surface area contributed by atoms with E-state index in [1.165, 1.54) is 12.1 Å². The van der Waals surface area contributed by atoms with Gasteiger partial charge in [0.25, 0.3) is 0 Å². The number of aromatic nitrogens is 1. The average molecular weight is 348 g/mol. The minimum absolute atomic E-state index is 0.0466. The van der Waals surface area contributed by atoms with E-state index in [0.717, 1.165) is 18.4 Å². The minimum atomic E-state index is -4.46. The zero-order valence-corrected chi connectivity index (χ0v) is 13.6. The highest BCUT2D eigenvalue weighted by Gasteiger charge is 2.43. The van der Waals surface area contributed by atoms with Crippen molar-refractivity contribution < 1.29 is 18.0 Å². The second-order valence-corrected chi connectivity index (χ2v) is 6.32. The molecule has 1 atom stereocenters. The van der Waals surface area contributed by atoms with Crippen LogP contribution in [0.15, 0.2) is 54.9 Å². The Bertz CT molecular complexity index is 700. The molecule has 25 heavy (non-hydrogen) atoms. The van der Waals surface area contributed by atoms with Gasteiger partial charge in [0.05, 0.1) is 5.92 Å². The van der Waals surface area contributed by atoms with Crippen molar-refractivity contribution in [3.8, 4) is 0 Å². The third-order valence-corrected chi connectivity index (χ3v) is 4.39. The molecule has 3 rings (SSSR count). The van der Waals surface area contributed by atoms with Crippen LogP contribution in [-0.2, 0) is 11.3 Å². The number of pyridine rings is 1. The normalized spacial score (nSPS) is 15.6. The fourth-order valence-electron chi connectivity index (χ4n) is 2.89. The quantitative estimate of drug-likeness (QED) is 0.779. The van der Waals surface area contributed by atoms with Gasteiger partial charge in [0.1, 0.15) is 0 Å². The summed E-state index contributed by atoms with van der Waals surface area (Å²) in [6, 6.07) is 11.2. The predicted molar refractivity (Wildman–Crippen MR) is 87.7 cm³/mol. The van der Waals surface area contributed by atoms with Crippen molar-refractivity contribution in [3.63, 3.8) is 0 Å². The van der Waals surface area contributed by atoms with Crippen LogP contribution in [0, 0.1) is 0 Å². The molecule has 0 spiro atoms. The standard InChI is InChI=1S/C19H19F3N2O/c20-19(21,22)17(15-4-2-1-3-5-15)12-18(25)24(16-6-7-16)13-14-8-10-23-11-9-14/h1-5,8-11,16-17H,6-7,12-13H2. The molecule has 1 fully saturated rings. The van der Waals surface area contributed by atoms with Gasteiger partial charge < -0.3 is 4.90 Å². The van der Waals surface area contributed by atoms with Crippen LogP contribution >= 0.6 is 0 Å². The fraction of sp³-hybridized carbons (Fsp3) is 0.368. The molecule has 0 bridgehead atoms. The fourth-order valence-corrected chi connectivity index (χ4v) is 2.89.